The highest BCUT2D eigenvalue weighted by atomic mass is 31.2. The van der Waals surface area contributed by atoms with E-state index < -0.39 is 97.5 Å². The van der Waals surface area contributed by atoms with Crippen LogP contribution in [0.4, 0.5) is 0 Å². The Hall–Kier alpha value is -1.94. The Morgan fingerprint density at radius 3 is 0.864 bits per heavy atom. The summed E-state index contributed by atoms with van der Waals surface area (Å²) in [5.74, 6) is 0.145. The van der Waals surface area contributed by atoms with E-state index in [2.05, 4.69) is 48.5 Å². The van der Waals surface area contributed by atoms with Gasteiger partial charge in [0.05, 0.1) is 26.4 Å². The molecule has 19 heteroatoms. The summed E-state index contributed by atoms with van der Waals surface area (Å²) in [6.07, 6.45) is 42.9. The van der Waals surface area contributed by atoms with Crippen molar-refractivity contribution < 1.29 is 80.2 Å². The number of carbonyl (C=O) groups is 4. The standard InChI is InChI=1S/C69H134O17P2/c1-8-11-12-13-14-15-16-17-18-19-31-38-45-52-68(73)85-64(56-80-67(72)51-44-37-30-24-21-27-34-41-48-61(6)9-2)58-83-87(75,76)81-54-63(70)55-82-88(77,78)84-59-65(57-79-66(71)50-43-36-29-23-20-26-33-40-47-60(4)5)86-69(74)53-46-39-32-25-22-28-35-42-49-62(7)10-3/h60-65,70H,8-59H2,1-7H3,(H,75,76)(H,77,78)/t61?,62?,63-,64-,65-/m1/s1. The fourth-order valence-corrected chi connectivity index (χ4v) is 11.9. The average Bonchev–Trinajstić information content (AvgIpc) is 3.68. The number of hydrogen-bond donors (Lipinski definition) is 3. The van der Waals surface area contributed by atoms with E-state index >= 15 is 0 Å². The van der Waals surface area contributed by atoms with Gasteiger partial charge in [0.1, 0.15) is 19.3 Å². The SMILES string of the molecule is CCCCCCCCCCCCCCCC(=O)O[C@H](COC(=O)CCCCCCCCCCC(C)CC)COP(=O)(O)OC[C@@H](O)COP(=O)(O)OC[C@@H](COC(=O)CCCCCCCCCCC(C)C)OC(=O)CCCCCCCCCCC(C)CC. The van der Waals surface area contributed by atoms with Gasteiger partial charge in [0.15, 0.2) is 12.2 Å². The van der Waals surface area contributed by atoms with Crippen LogP contribution in [0.2, 0.25) is 0 Å². The number of rotatable bonds is 67. The molecule has 522 valence electrons. The molecule has 0 aromatic heterocycles. The van der Waals surface area contributed by atoms with Crippen LogP contribution in [-0.4, -0.2) is 96.7 Å². The van der Waals surface area contributed by atoms with E-state index in [1.807, 2.05) is 0 Å². The van der Waals surface area contributed by atoms with Crippen LogP contribution in [0.25, 0.3) is 0 Å². The maximum atomic E-state index is 13.0. The molecule has 0 aliphatic heterocycles. The number of carbonyl (C=O) groups excluding carboxylic acids is 4. The van der Waals surface area contributed by atoms with Crippen molar-refractivity contribution in [1.82, 2.24) is 0 Å². The van der Waals surface area contributed by atoms with Gasteiger partial charge in [0.25, 0.3) is 0 Å². The van der Waals surface area contributed by atoms with Crippen molar-refractivity contribution in [3.63, 3.8) is 0 Å². The quantitative estimate of drug-likeness (QED) is 0.0222. The van der Waals surface area contributed by atoms with E-state index in [1.54, 1.807) is 0 Å². The number of hydrogen-bond acceptors (Lipinski definition) is 15. The summed E-state index contributed by atoms with van der Waals surface area (Å²) in [6, 6.07) is 0. The third kappa shape index (κ3) is 60.3. The van der Waals surface area contributed by atoms with Crippen LogP contribution in [0.3, 0.4) is 0 Å². The minimum Gasteiger partial charge on any atom is -0.462 e. The van der Waals surface area contributed by atoms with Crippen LogP contribution in [0.1, 0.15) is 344 Å². The molecule has 0 amide bonds. The first kappa shape index (κ1) is 86.1. The Bertz CT molecular complexity index is 1740. The van der Waals surface area contributed by atoms with Crippen molar-refractivity contribution in [3.05, 3.63) is 0 Å². The predicted octanol–water partition coefficient (Wildman–Crippen LogP) is 19.5. The van der Waals surface area contributed by atoms with Gasteiger partial charge in [-0.3, -0.25) is 37.3 Å². The zero-order chi connectivity index (χ0) is 65.2. The van der Waals surface area contributed by atoms with Gasteiger partial charge in [-0.25, -0.2) is 9.13 Å². The maximum absolute atomic E-state index is 13.0. The molecule has 0 aliphatic carbocycles. The van der Waals surface area contributed by atoms with Crippen molar-refractivity contribution >= 4 is 39.5 Å². The zero-order valence-electron chi connectivity index (χ0n) is 57.2. The fourth-order valence-electron chi connectivity index (χ4n) is 10.3. The lowest BCUT2D eigenvalue weighted by Gasteiger charge is -2.21. The van der Waals surface area contributed by atoms with Gasteiger partial charge in [0.2, 0.25) is 0 Å². The molecule has 7 atom stereocenters. The van der Waals surface area contributed by atoms with E-state index in [1.165, 1.54) is 154 Å². The molecule has 0 bridgehead atoms. The number of phosphoric ester groups is 2. The Morgan fingerprint density at radius 2 is 0.580 bits per heavy atom. The molecule has 4 unspecified atom stereocenters. The molecule has 0 fully saturated rings. The van der Waals surface area contributed by atoms with Gasteiger partial charge in [-0.05, 0) is 43.4 Å². The molecule has 88 heavy (non-hydrogen) atoms. The average molecular weight is 1300 g/mol. The summed E-state index contributed by atoms with van der Waals surface area (Å²) in [7, 11) is -9.90. The minimum atomic E-state index is -4.95. The van der Waals surface area contributed by atoms with Gasteiger partial charge in [-0.2, -0.15) is 0 Å². The lowest BCUT2D eigenvalue weighted by molar-refractivity contribution is -0.161. The number of unbranched alkanes of at least 4 members (excludes halogenated alkanes) is 33. The molecular weight excluding hydrogens is 1160 g/mol. The number of esters is 4. The summed E-state index contributed by atoms with van der Waals surface area (Å²) in [4.78, 5) is 72.5. The second-order valence-corrected chi connectivity index (χ2v) is 28.8. The number of phosphoric acid groups is 2. The molecule has 0 aromatic carbocycles. The molecule has 0 aliphatic rings. The molecule has 3 N–H and O–H groups in total. The summed E-state index contributed by atoms with van der Waals surface area (Å²) in [6.45, 7) is 11.8. The van der Waals surface area contributed by atoms with Crippen molar-refractivity contribution in [3.8, 4) is 0 Å². The highest BCUT2D eigenvalue weighted by molar-refractivity contribution is 7.47. The third-order valence-electron chi connectivity index (χ3n) is 16.6. The first-order valence-electron chi connectivity index (χ1n) is 35.9. The molecule has 0 saturated heterocycles. The van der Waals surface area contributed by atoms with Crippen molar-refractivity contribution in [2.24, 2.45) is 17.8 Å². The molecule has 0 saturated carbocycles. The van der Waals surface area contributed by atoms with Gasteiger partial charge in [-0.1, -0.05) is 292 Å². The van der Waals surface area contributed by atoms with Crippen LogP contribution < -0.4 is 0 Å². The van der Waals surface area contributed by atoms with Crippen molar-refractivity contribution in [2.75, 3.05) is 39.6 Å². The van der Waals surface area contributed by atoms with Gasteiger partial charge >= 0.3 is 39.5 Å². The first-order chi connectivity index (χ1) is 42.3. The normalized spacial score (nSPS) is 14.9. The number of aliphatic hydroxyl groups excluding tert-OH is 1. The molecule has 0 aromatic rings. The van der Waals surface area contributed by atoms with Crippen molar-refractivity contribution in [1.29, 1.82) is 0 Å². The lowest BCUT2D eigenvalue weighted by Crippen LogP contribution is -2.30. The van der Waals surface area contributed by atoms with Crippen LogP contribution in [0, 0.1) is 17.8 Å². The van der Waals surface area contributed by atoms with Crippen LogP contribution in [0.5, 0.6) is 0 Å². The Balaban J connectivity index is 5.27. The van der Waals surface area contributed by atoms with Crippen LogP contribution in [0.15, 0.2) is 0 Å². The van der Waals surface area contributed by atoms with E-state index in [0.29, 0.717) is 25.7 Å². The first-order valence-corrected chi connectivity index (χ1v) is 38.9. The van der Waals surface area contributed by atoms with Gasteiger partial charge < -0.3 is 33.8 Å². The molecule has 0 rings (SSSR count). The third-order valence-corrected chi connectivity index (χ3v) is 18.5. The zero-order valence-corrected chi connectivity index (χ0v) is 59.0. The van der Waals surface area contributed by atoms with Gasteiger partial charge in [-0.15, -0.1) is 0 Å². The summed E-state index contributed by atoms with van der Waals surface area (Å²) >= 11 is 0. The highest BCUT2D eigenvalue weighted by Crippen LogP contribution is 2.45. The number of ether oxygens (including phenoxy) is 4. The predicted molar refractivity (Wildman–Crippen MR) is 354 cm³/mol. The molecule has 17 nitrogen and oxygen atoms in total. The summed E-state index contributed by atoms with van der Waals surface area (Å²) in [5, 5.41) is 10.6. The van der Waals surface area contributed by atoms with E-state index in [4.69, 9.17) is 37.0 Å². The number of aliphatic hydroxyl groups is 1. The fraction of sp³-hybridized carbons (Fsp3) is 0.942. The van der Waals surface area contributed by atoms with E-state index in [0.717, 1.165) is 108 Å². The lowest BCUT2D eigenvalue weighted by atomic mass is 9.99. The summed E-state index contributed by atoms with van der Waals surface area (Å²) < 4.78 is 68.3. The minimum absolute atomic E-state index is 0.104. The second kappa shape index (κ2) is 60.0. The molecule has 0 radical (unpaired) electrons. The second-order valence-electron chi connectivity index (χ2n) is 25.9. The Kier molecular flexibility index (Phi) is 58.7. The van der Waals surface area contributed by atoms with E-state index in [-0.39, 0.29) is 25.7 Å². The Labute approximate surface area is 537 Å². The largest absolute Gasteiger partial charge is 0.472 e. The van der Waals surface area contributed by atoms with Crippen LogP contribution in [-0.2, 0) is 65.4 Å². The molecule has 0 spiro atoms. The Morgan fingerprint density at radius 1 is 0.330 bits per heavy atom. The monoisotopic (exact) mass is 1300 g/mol. The topological polar surface area (TPSA) is 237 Å². The van der Waals surface area contributed by atoms with E-state index in [9.17, 15) is 43.2 Å². The van der Waals surface area contributed by atoms with Crippen LogP contribution >= 0.6 is 15.6 Å². The summed E-state index contributed by atoms with van der Waals surface area (Å²) in [5.41, 5.74) is 0. The van der Waals surface area contributed by atoms with Crippen molar-refractivity contribution in [2.45, 2.75) is 362 Å². The highest BCUT2D eigenvalue weighted by Gasteiger charge is 2.30. The molecular formula is C69H134O17P2. The van der Waals surface area contributed by atoms with Gasteiger partial charge in [0, 0.05) is 25.7 Å². The smallest absolute Gasteiger partial charge is 0.462 e. The molecule has 0 heterocycles. The maximum Gasteiger partial charge on any atom is 0.472 e.